The van der Waals surface area contributed by atoms with E-state index in [2.05, 4.69) is 5.32 Å². The van der Waals surface area contributed by atoms with Gasteiger partial charge in [-0.05, 0) is 43.3 Å². The molecule has 3 nitrogen and oxygen atoms in total. The summed E-state index contributed by atoms with van der Waals surface area (Å²) in [5, 5.41) is 1.94. The molecule has 0 aliphatic rings. The van der Waals surface area contributed by atoms with Crippen LogP contribution < -0.4 is 5.32 Å². The Morgan fingerprint density at radius 1 is 1.27 bits per heavy atom. The summed E-state index contributed by atoms with van der Waals surface area (Å²) >= 11 is 5.57. The summed E-state index contributed by atoms with van der Waals surface area (Å²) in [6.45, 7) is 1.77. The fourth-order valence-electron chi connectivity index (χ4n) is 1.71. The molecular formula is C15H11ClF3NO2. The molecule has 2 aromatic rings. The zero-order valence-electron chi connectivity index (χ0n) is 11.4. The van der Waals surface area contributed by atoms with Gasteiger partial charge in [0.1, 0.15) is 11.5 Å². The third kappa shape index (κ3) is 4.14. The fraction of sp³-hybridized carbons (Fsp3) is 0.133. The third-order valence-corrected chi connectivity index (χ3v) is 3.01. The van der Waals surface area contributed by atoms with E-state index in [0.717, 1.165) is 18.2 Å². The molecule has 0 bridgehead atoms. The van der Waals surface area contributed by atoms with E-state index >= 15 is 0 Å². The van der Waals surface area contributed by atoms with Gasteiger partial charge in [0.05, 0.1) is 10.6 Å². The van der Waals surface area contributed by atoms with Crippen molar-refractivity contribution < 1.29 is 22.4 Å². The number of halogens is 4. The molecule has 7 heteroatoms. The largest absolute Gasteiger partial charge is 0.462 e. The number of carbonyl (C=O) groups is 1. The molecule has 0 radical (unpaired) electrons. The predicted molar refractivity (Wildman–Crippen MR) is 77.6 cm³/mol. The van der Waals surface area contributed by atoms with Crippen LogP contribution in [0.4, 0.5) is 18.9 Å². The van der Waals surface area contributed by atoms with Crippen LogP contribution in [0.2, 0.25) is 5.02 Å². The molecule has 1 aromatic carbocycles. The molecule has 0 unspecified atom stereocenters. The number of hydrogen-bond donors (Lipinski definition) is 1. The number of hydrogen-bond acceptors (Lipinski definition) is 2. The van der Waals surface area contributed by atoms with Crippen LogP contribution >= 0.6 is 11.6 Å². The number of rotatable bonds is 3. The molecule has 0 saturated heterocycles. The molecule has 1 amide bonds. The van der Waals surface area contributed by atoms with Crippen LogP contribution in [0.1, 0.15) is 17.1 Å². The average molecular weight is 330 g/mol. The van der Waals surface area contributed by atoms with Crippen molar-refractivity contribution in [3.05, 3.63) is 58.5 Å². The van der Waals surface area contributed by atoms with Crippen molar-refractivity contribution in [1.29, 1.82) is 0 Å². The van der Waals surface area contributed by atoms with Gasteiger partial charge in [-0.2, -0.15) is 13.2 Å². The van der Waals surface area contributed by atoms with Gasteiger partial charge in [0.25, 0.3) is 0 Å². The van der Waals surface area contributed by atoms with Gasteiger partial charge in [0.2, 0.25) is 5.91 Å². The van der Waals surface area contributed by atoms with E-state index in [1.54, 1.807) is 19.1 Å². The molecule has 0 atom stereocenters. The van der Waals surface area contributed by atoms with Crippen LogP contribution in [0.15, 0.2) is 40.8 Å². The minimum absolute atomic E-state index is 0.170. The monoisotopic (exact) mass is 329 g/mol. The Bertz CT molecular complexity index is 720. The Morgan fingerprint density at radius 2 is 2.00 bits per heavy atom. The fourth-order valence-corrected chi connectivity index (χ4v) is 2.00. The first-order valence-corrected chi connectivity index (χ1v) is 6.56. The van der Waals surface area contributed by atoms with E-state index in [1.807, 2.05) is 0 Å². The maximum atomic E-state index is 12.6. The first kappa shape index (κ1) is 16.2. The van der Waals surface area contributed by atoms with Crippen molar-refractivity contribution in [1.82, 2.24) is 0 Å². The maximum Gasteiger partial charge on any atom is 0.417 e. The molecule has 0 saturated carbocycles. The highest BCUT2D eigenvalue weighted by Crippen LogP contribution is 2.35. The number of nitrogens with one attached hydrogen (secondary N) is 1. The number of amides is 1. The van der Waals surface area contributed by atoms with Crippen LogP contribution in [-0.4, -0.2) is 5.91 Å². The highest BCUT2D eigenvalue weighted by molar-refractivity contribution is 6.31. The number of benzene rings is 1. The molecular weight excluding hydrogens is 319 g/mol. The molecule has 116 valence electrons. The predicted octanol–water partition coefficient (Wildman–Crippen LogP) is 4.91. The van der Waals surface area contributed by atoms with Gasteiger partial charge in [-0.25, -0.2) is 0 Å². The van der Waals surface area contributed by atoms with Crippen molar-refractivity contribution in [2.24, 2.45) is 0 Å². The molecule has 1 aromatic heterocycles. The number of furan rings is 1. The van der Waals surface area contributed by atoms with Crippen LogP contribution in [0.25, 0.3) is 6.08 Å². The van der Waals surface area contributed by atoms with Crippen molar-refractivity contribution >= 4 is 29.3 Å². The topological polar surface area (TPSA) is 42.2 Å². The first-order valence-electron chi connectivity index (χ1n) is 6.18. The summed E-state index contributed by atoms with van der Waals surface area (Å²) in [6, 6.07) is 6.43. The van der Waals surface area contributed by atoms with Gasteiger partial charge >= 0.3 is 6.18 Å². The third-order valence-electron chi connectivity index (χ3n) is 2.70. The minimum atomic E-state index is -4.53. The first-order chi connectivity index (χ1) is 10.3. The summed E-state index contributed by atoms with van der Waals surface area (Å²) in [6.07, 6.45) is -1.87. The standard InChI is InChI=1S/C15H11ClF3NO2/c1-9-2-4-11(22-9)5-7-14(21)20-10-3-6-12(13(16)8-10)15(17,18)19/h2-8H,1H3,(H,20,21)/b7-5+. The van der Waals surface area contributed by atoms with Gasteiger partial charge in [-0.1, -0.05) is 11.6 Å². The van der Waals surface area contributed by atoms with Crippen molar-refractivity contribution in [3.63, 3.8) is 0 Å². The Hall–Kier alpha value is -2.21. The quantitative estimate of drug-likeness (QED) is 0.813. The van der Waals surface area contributed by atoms with E-state index in [1.165, 1.54) is 12.2 Å². The second-order valence-corrected chi connectivity index (χ2v) is 4.87. The van der Waals surface area contributed by atoms with Gasteiger partial charge in [-0.3, -0.25) is 4.79 Å². The lowest BCUT2D eigenvalue weighted by Gasteiger charge is -2.10. The lowest BCUT2D eigenvalue weighted by atomic mass is 10.2. The molecule has 22 heavy (non-hydrogen) atoms. The number of aryl methyl sites for hydroxylation is 1. The molecule has 0 aliphatic carbocycles. The normalized spacial score (nSPS) is 11.9. The molecule has 1 heterocycles. The van der Waals surface area contributed by atoms with E-state index in [9.17, 15) is 18.0 Å². The van der Waals surface area contributed by atoms with Gasteiger partial charge in [0, 0.05) is 11.8 Å². The molecule has 0 aliphatic heterocycles. The Balaban J connectivity index is 2.06. The zero-order chi connectivity index (χ0) is 16.3. The van der Waals surface area contributed by atoms with E-state index < -0.39 is 22.7 Å². The second-order valence-electron chi connectivity index (χ2n) is 4.46. The number of carbonyl (C=O) groups excluding carboxylic acids is 1. The van der Waals surface area contributed by atoms with Gasteiger partial charge in [0.15, 0.2) is 0 Å². The summed E-state index contributed by atoms with van der Waals surface area (Å²) in [5.74, 6) is 0.692. The summed E-state index contributed by atoms with van der Waals surface area (Å²) in [4.78, 5) is 11.7. The SMILES string of the molecule is Cc1ccc(/C=C/C(=O)Nc2ccc(C(F)(F)F)c(Cl)c2)o1. The zero-order valence-corrected chi connectivity index (χ0v) is 12.1. The van der Waals surface area contributed by atoms with Crippen molar-refractivity contribution in [2.75, 3.05) is 5.32 Å². The average Bonchev–Trinajstić information content (AvgIpc) is 2.81. The van der Waals surface area contributed by atoms with E-state index in [0.29, 0.717) is 11.5 Å². The summed E-state index contributed by atoms with van der Waals surface area (Å²) in [5.41, 5.74) is -0.781. The lowest BCUT2D eigenvalue weighted by molar-refractivity contribution is -0.137. The molecule has 2 rings (SSSR count). The Kier molecular flexibility index (Phi) is 4.61. The summed E-state index contributed by atoms with van der Waals surface area (Å²) in [7, 11) is 0. The minimum Gasteiger partial charge on any atom is -0.462 e. The smallest absolute Gasteiger partial charge is 0.417 e. The van der Waals surface area contributed by atoms with Crippen molar-refractivity contribution in [2.45, 2.75) is 13.1 Å². The lowest BCUT2D eigenvalue weighted by Crippen LogP contribution is -2.10. The highest BCUT2D eigenvalue weighted by atomic mass is 35.5. The molecule has 0 spiro atoms. The van der Waals surface area contributed by atoms with E-state index in [-0.39, 0.29) is 5.69 Å². The van der Waals surface area contributed by atoms with Crippen LogP contribution in [0.5, 0.6) is 0 Å². The van der Waals surface area contributed by atoms with Gasteiger partial charge in [-0.15, -0.1) is 0 Å². The maximum absolute atomic E-state index is 12.6. The second kappa shape index (κ2) is 6.27. The van der Waals surface area contributed by atoms with Crippen molar-refractivity contribution in [3.8, 4) is 0 Å². The van der Waals surface area contributed by atoms with Crippen LogP contribution in [-0.2, 0) is 11.0 Å². The number of alkyl halides is 3. The van der Waals surface area contributed by atoms with Crippen LogP contribution in [0, 0.1) is 6.92 Å². The Labute approximate surface area is 129 Å². The Morgan fingerprint density at radius 3 is 2.55 bits per heavy atom. The molecule has 1 N–H and O–H groups in total. The van der Waals surface area contributed by atoms with Crippen LogP contribution in [0.3, 0.4) is 0 Å². The highest BCUT2D eigenvalue weighted by Gasteiger charge is 2.33. The molecule has 0 fully saturated rings. The summed E-state index contributed by atoms with van der Waals surface area (Å²) < 4.78 is 42.9. The number of anilines is 1. The van der Waals surface area contributed by atoms with E-state index in [4.69, 9.17) is 16.0 Å². The van der Waals surface area contributed by atoms with Gasteiger partial charge < -0.3 is 9.73 Å².